The van der Waals surface area contributed by atoms with Crippen molar-refractivity contribution in [3.8, 4) is 0 Å². The molecule has 0 amide bonds. The number of aryl methyl sites for hydroxylation is 2. The molecule has 2 heteroatoms. The van der Waals surface area contributed by atoms with Crippen LogP contribution in [0.5, 0.6) is 0 Å². The van der Waals surface area contributed by atoms with Gasteiger partial charge in [0.1, 0.15) is 0 Å². The van der Waals surface area contributed by atoms with Crippen LogP contribution in [0.25, 0.3) is 0 Å². The standard InChI is InChI=1S/C7H9NO/c1-6-3-4-7(2)8(9)5-6/h3-5H,1-2H3. The minimum absolute atomic E-state index is 0.737. The summed E-state index contributed by atoms with van der Waals surface area (Å²) in [6.07, 6.45) is 1.56. The molecule has 0 fully saturated rings. The van der Waals surface area contributed by atoms with Crippen LogP contribution < -0.4 is 4.73 Å². The molecular weight excluding hydrogens is 114 g/mol. The average Bonchev–Trinajstić information content (AvgIpc) is 1.80. The molecule has 0 aliphatic carbocycles. The highest BCUT2D eigenvalue weighted by Crippen LogP contribution is 1.92. The van der Waals surface area contributed by atoms with Gasteiger partial charge in [0, 0.05) is 18.6 Å². The summed E-state index contributed by atoms with van der Waals surface area (Å²) in [6.45, 7) is 3.68. The van der Waals surface area contributed by atoms with E-state index < -0.39 is 0 Å². The maximum absolute atomic E-state index is 10.8. The monoisotopic (exact) mass is 123 g/mol. The Labute approximate surface area is 54.3 Å². The third kappa shape index (κ3) is 1.19. The first-order valence-corrected chi connectivity index (χ1v) is 2.86. The summed E-state index contributed by atoms with van der Waals surface area (Å²) in [7, 11) is 0. The lowest BCUT2D eigenvalue weighted by Gasteiger charge is -1.98. The van der Waals surface area contributed by atoms with Gasteiger partial charge in [0.2, 0.25) is 0 Å². The molecule has 0 unspecified atom stereocenters. The molecule has 0 bridgehead atoms. The van der Waals surface area contributed by atoms with Gasteiger partial charge in [0.15, 0.2) is 11.9 Å². The Balaban J connectivity index is 3.17. The second-order valence-corrected chi connectivity index (χ2v) is 2.17. The van der Waals surface area contributed by atoms with E-state index in [1.54, 1.807) is 13.1 Å². The van der Waals surface area contributed by atoms with Crippen molar-refractivity contribution in [2.24, 2.45) is 0 Å². The van der Waals surface area contributed by atoms with Gasteiger partial charge in [-0.1, -0.05) is 0 Å². The summed E-state index contributed by atoms with van der Waals surface area (Å²) in [5.74, 6) is 0. The lowest BCUT2D eigenvalue weighted by molar-refractivity contribution is -0.612. The largest absolute Gasteiger partial charge is 0.619 e. The minimum Gasteiger partial charge on any atom is -0.619 e. The van der Waals surface area contributed by atoms with Crippen LogP contribution in [-0.2, 0) is 0 Å². The molecule has 48 valence electrons. The van der Waals surface area contributed by atoms with Crippen LogP contribution in [0.3, 0.4) is 0 Å². The number of hydrogen-bond acceptors (Lipinski definition) is 1. The average molecular weight is 123 g/mol. The summed E-state index contributed by atoms with van der Waals surface area (Å²) >= 11 is 0. The van der Waals surface area contributed by atoms with E-state index in [1.807, 2.05) is 19.1 Å². The van der Waals surface area contributed by atoms with Crippen molar-refractivity contribution < 1.29 is 4.73 Å². The van der Waals surface area contributed by atoms with Gasteiger partial charge in [-0.2, -0.15) is 4.73 Å². The van der Waals surface area contributed by atoms with E-state index >= 15 is 0 Å². The molecule has 0 atom stereocenters. The predicted octanol–water partition coefficient (Wildman–Crippen LogP) is 0.937. The fourth-order valence-electron chi connectivity index (χ4n) is 0.655. The van der Waals surface area contributed by atoms with Crippen molar-refractivity contribution in [1.82, 2.24) is 0 Å². The first-order valence-electron chi connectivity index (χ1n) is 2.86. The van der Waals surface area contributed by atoms with E-state index in [1.165, 1.54) is 0 Å². The van der Waals surface area contributed by atoms with Crippen LogP contribution in [0.1, 0.15) is 11.3 Å². The molecule has 0 saturated heterocycles. The van der Waals surface area contributed by atoms with Gasteiger partial charge < -0.3 is 5.21 Å². The Morgan fingerprint density at radius 3 is 2.44 bits per heavy atom. The second kappa shape index (κ2) is 2.05. The first kappa shape index (κ1) is 6.08. The highest BCUT2D eigenvalue weighted by molar-refractivity contribution is 5.06. The van der Waals surface area contributed by atoms with Crippen molar-refractivity contribution in [2.45, 2.75) is 13.8 Å². The maximum Gasteiger partial charge on any atom is 0.189 e. The molecule has 0 aromatic carbocycles. The molecule has 9 heavy (non-hydrogen) atoms. The summed E-state index contributed by atoms with van der Waals surface area (Å²) in [6, 6.07) is 3.73. The van der Waals surface area contributed by atoms with Gasteiger partial charge in [-0.05, 0) is 13.0 Å². The Kier molecular flexibility index (Phi) is 1.39. The molecule has 2 nitrogen and oxygen atoms in total. The maximum atomic E-state index is 10.8. The van der Waals surface area contributed by atoms with Gasteiger partial charge in [0.05, 0.1) is 0 Å². The molecule has 0 spiro atoms. The van der Waals surface area contributed by atoms with Gasteiger partial charge in [-0.3, -0.25) is 0 Å². The summed E-state index contributed by atoms with van der Waals surface area (Å²) in [4.78, 5) is 0. The van der Waals surface area contributed by atoms with E-state index in [4.69, 9.17) is 0 Å². The third-order valence-corrected chi connectivity index (χ3v) is 1.26. The summed E-state index contributed by atoms with van der Waals surface area (Å²) in [5.41, 5.74) is 1.73. The van der Waals surface area contributed by atoms with E-state index in [0.717, 1.165) is 16.0 Å². The Hall–Kier alpha value is -1.05. The van der Waals surface area contributed by atoms with Crippen molar-refractivity contribution in [3.63, 3.8) is 0 Å². The number of hydrogen-bond donors (Lipinski definition) is 0. The molecule has 0 radical (unpaired) electrons. The van der Waals surface area contributed by atoms with Crippen LogP contribution in [0, 0.1) is 19.1 Å². The Bertz CT molecular complexity index is 220. The van der Waals surface area contributed by atoms with Crippen LogP contribution in [-0.4, -0.2) is 0 Å². The lowest BCUT2D eigenvalue weighted by Crippen LogP contribution is -2.29. The fraction of sp³-hybridized carbons (Fsp3) is 0.286. The second-order valence-electron chi connectivity index (χ2n) is 2.17. The van der Waals surface area contributed by atoms with Crippen molar-refractivity contribution in [2.75, 3.05) is 0 Å². The third-order valence-electron chi connectivity index (χ3n) is 1.26. The van der Waals surface area contributed by atoms with Crippen LogP contribution in [0.15, 0.2) is 18.3 Å². The zero-order chi connectivity index (χ0) is 6.85. The number of rotatable bonds is 0. The molecule has 0 aliphatic rings. The zero-order valence-corrected chi connectivity index (χ0v) is 5.59. The van der Waals surface area contributed by atoms with Crippen molar-refractivity contribution in [1.29, 1.82) is 0 Å². The number of aromatic nitrogens is 1. The van der Waals surface area contributed by atoms with E-state index in [-0.39, 0.29) is 0 Å². The smallest absolute Gasteiger partial charge is 0.189 e. The lowest BCUT2D eigenvalue weighted by atomic mass is 10.3. The first-order chi connectivity index (χ1) is 4.20. The molecule has 1 heterocycles. The predicted molar refractivity (Wildman–Crippen MR) is 34.9 cm³/mol. The number of nitrogens with zero attached hydrogens (tertiary/aromatic N) is 1. The topological polar surface area (TPSA) is 26.9 Å². The van der Waals surface area contributed by atoms with Crippen LogP contribution in [0.2, 0.25) is 0 Å². The van der Waals surface area contributed by atoms with Gasteiger partial charge in [0.25, 0.3) is 0 Å². The zero-order valence-electron chi connectivity index (χ0n) is 5.59. The van der Waals surface area contributed by atoms with Gasteiger partial charge in [-0.25, -0.2) is 0 Å². The Morgan fingerprint density at radius 1 is 1.33 bits per heavy atom. The fourth-order valence-corrected chi connectivity index (χ4v) is 0.655. The van der Waals surface area contributed by atoms with Crippen LogP contribution in [0.4, 0.5) is 0 Å². The molecule has 1 rings (SSSR count). The van der Waals surface area contributed by atoms with Gasteiger partial charge >= 0.3 is 0 Å². The van der Waals surface area contributed by atoms with Gasteiger partial charge in [-0.15, -0.1) is 0 Å². The number of pyridine rings is 1. The molecule has 0 N–H and O–H groups in total. The van der Waals surface area contributed by atoms with Crippen molar-refractivity contribution >= 4 is 0 Å². The summed E-state index contributed by atoms with van der Waals surface area (Å²) in [5, 5.41) is 10.8. The molecule has 1 aromatic heterocycles. The highest BCUT2D eigenvalue weighted by atomic mass is 16.5. The Morgan fingerprint density at radius 2 is 2.00 bits per heavy atom. The van der Waals surface area contributed by atoms with E-state index in [9.17, 15) is 5.21 Å². The normalized spacial score (nSPS) is 9.56. The van der Waals surface area contributed by atoms with E-state index in [2.05, 4.69) is 0 Å². The van der Waals surface area contributed by atoms with Crippen molar-refractivity contribution in [3.05, 3.63) is 34.8 Å². The minimum atomic E-state index is 0.737. The molecule has 0 saturated carbocycles. The molecule has 0 aliphatic heterocycles. The highest BCUT2D eigenvalue weighted by Gasteiger charge is 1.94. The SMILES string of the molecule is Cc1ccc(C)[n+]([O-])c1. The van der Waals surface area contributed by atoms with Crippen LogP contribution >= 0.6 is 0 Å². The molecule has 1 aromatic rings. The molecular formula is C7H9NO. The summed E-state index contributed by atoms with van der Waals surface area (Å²) < 4.78 is 0.870. The quantitative estimate of drug-likeness (QED) is 0.372. The van der Waals surface area contributed by atoms with E-state index in [0.29, 0.717) is 0 Å².